The summed E-state index contributed by atoms with van der Waals surface area (Å²) in [6.45, 7) is 1.20. The van der Waals surface area contributed by atoms with Crippen molar-refractivity contribution in [2.75, 3.05) is 27.0 Å². The van der Waals surface area contributed by atoms with Gasteiger partial charge in [0.15, 0.2) is 0 Å². The highest BCUT2D eigenvalue weighted by molar-refractivity contribution is 4.72. The molecular weight excluding hydrogens is 124 g/mol. The Morgan fingerprint density at radius 3 is 2.60 bits per heavy atom. The number of likely N-dealkylation sites (N-methyl/N-ethyl adjacent to an activating group) is 2. The van der Waals surface area contributed by atoms with Crippen LogP contribution in [0.2, 0.25) is 0 Å². The second-order valence-electron chi connectivity index (χ2n) is 3.25. The summed E-state index contributed by atoms with van der Waals surface area (Å²) < 4.78 is 43.0. The average molecular weight is 150 g/mol. The van der Waals surface area contributed by atoms with Crippen molar-refractivity contribution in [2.45, 2.75) is 26.3 Å². The van der Waals surface area contributed by atoms with Gasteiger partial charge in [-0.25, -0.2) is 0 Å². The second-order valence-corrected chi connectivity index (χ2v) is 3.25. The first-order valence-corrected chi connectivity index (χ1v) is 3.37. The molecule has 0 unspecified atom stereocenters. The molecule has 0 atom stereocenters. The fourth-order valence-electron chi connectivity index (χ4n) is 0.503. The van der Waals surface area contributed by atoms with Gasteiger partial charge >= 0.3 is 0 Å². The molecule has 0 aliphatic rings. The maximum absolute atomic E-state index is 7.37. The first-order valence-electron chi connectivity index (χ1n) is 6.37. The summed E-state index contributed by atoms with van der Waals surface area (Å²) in [6.07, 6.45) is 0. The van der Waals surface area contributed by atoms with Gasteiger partial charge < -0.3 is 10.2 Å². The molecule has 0 radical (unpaired) electrons. The fraction of sp³-hybridized carbons (Fsp3) is 1.00. The third kappa shape index (κ3) is 3.85. The number of nitrogens with zero attached hydrogens (tertiary/aromatic N) is 1. The minimum Gasteiger partial charge on any atom is -0.318 e. The summed E-state index contributed by atoms with van der Waals surface area (Å²) in [7, 11) is 0. The molecule has 1 N–H and O–H groups in total. The Bertz CT molecular complexity index is 200. The van der Waals surface area contributed by atoms with E-state index in [0.29, 0.717) is 0 Å². The summed E-state index contributed by atoms with van der Waals surface area (Å²) in [5.74, 6) is 0. The topological polar surface area (TPSA) is 15.3 Å². The Kier molecular flexibility index (Phi) is 1.40. The van der Waals surface area contributed by atoms with Crippen molar-refractivity contribution in [3.05, 3.63) is 0 Å². The molecule has 0 aliphatic heterocycles. The third-order valence-corrected chi connectivity index (χ3v) is 1.27. The highest BCUT2D eigenvalue weighted by atomic mass is 15.2. The number of hydrogen-bond acceptors (Lipinski definition) is 2. The van der Waals surface area contributed by atoms with Crippen LogP contribution in [0.3, 0.4) is 0 Å². The van der Waals surface area contributed by atoms with E-state index < -0.39 is 19.5 Å². The largest absolute Gasteiger partial charge is 0.318 e. The quantitative estimate of drug-likeness (QED) is 0.644. The van der Waals surface area contributed by atoms with Crippen LogP contribution in [0.15, 0.2) is 0 Å². The molecule has 0 bridgehead atoms. The summed E-state index contributed by atoms with van der Waals surface area (Å²) in [5, 5.41) is 2.30. The molecule has 0 aromatic carbocycles. The van der Waals surface area contributed by atoms with E-state index >= 15 is 0 Å². The molecule has 0 spiro atoms. The Labute approximate surface area is 73.0 Å². The van der Waals surface area contributed by atoms with Crippen molar-refractivity contribution in [2.24, 2.45) is 0 Å². The van der Waals surface area contributed by atoms with Crippen molar-refractivity contribution < 1.29 is 8.22 Å². The minimum atomic E-state index is -2.22. The van der Waals surface area contributed by atoms with E-state index in [9.17, 15) is 0 Å². The van der Waals surface area contributed by atoms with Crippen molar-refractivity contribution in [3.8, 4) is 0 Å². The molecule has 0 fully saturated rings. The molecule has 10 heavy (non-hydrogen) atoms. The van der Waals surface area contributed by atoms with Crippen molar-refractivity contribution in [3.63, 3.8) is 0 Å². The van der Waals surface area contributed by atoms with E-state index in [1.807, 2.05) is 0 Å². The van der Waals surface area contributed by atoms with E-state index in [4.69, 9.17) is 8.22 Å². The molecule has 62 valence electrons. The lowest BCUT2D eigenvalue weighted by Gasteiger charge is -2.31. The Hall–Kier alpha value is -0.0800. The molecular formula is C8H20N2. The van der Waals surface area contributed by atoms with Crippen LogP contribution in [-0.2, 0) is 0 Å². The molecule has 0 aromatic rings. The lowest BCUT2D eigenvalue weighted by Crippen LogP contribution is -2.41. The van der Waals surface area contributed by atoms with Gasteiger partial charge in [0.1, 0.15) is 0 Å². The Morgan fingerprint density at radius 2 is 2.20 bits per heavy atom. The second kappa shape index (κ2) is 3.94. The molecule has 0 amide bonds. The fourth-order valence-corrected chi connectivity index (χ4v) is 0.503. The van der Waals surface area contributed by atoms with Crippen molar-refractivity contribution >= 4 is 0 Å². The van der Waals surface area contributed by atoms with E-state index in [1.165, 1.54) is 4.90 Å². The van der Waals surface area contributed by atoms with Crippen LogP contribution >= 0.6 is 0 Å². The number of rotatable bonds is 3. The highest BCUT2D eigenvalue weighted by Gasteiger charge is 2.15. The van der Waals surface area contributed by atoms with Gasteiger partial charge in [0.05, 0.1) is 0 Å². The minimum absolute atomic E-state index is 0.117. The normalized spacial score (nSPS) is 24.0. The first-order chi connectivity index (χ1) is 6.84. The lowest BCUT2D eigenvalue weighted by molar-refractivity contribution is 0.178. The summed E-state index contributed by atoms with van der Waals surface area (Å²) in [4.78, 5) is 1.30. The van der Waals surface area contributed by atoms with Gasteiger partial charge in [0.2, 0.25) is 0 Å². The van der Waals surface area contributed by atoms with Crippen LogP contribution in [0.5, 0.6) is 0 Å². The van der Waals surface area contributed by atoms with E-state index in [0.717, 1.165) is 0 Å². The van der Waals surface area contributed by atoms with Crippen LogP contribution in [-0.4, -0.2) is 37.5 Å². The maximum Gasteiger partial charge on any atom is 0.0394 e. The molecule has 0 aromatic heterocycles. The van der Waals surface area contributed by atoms with Crippen LogP contribution < -0.4 is 5.32 Å². The SMILES string of the molecule is [2H]C([2H])([2H])NCCN(C([2H])([2H])[2H])C(C)(C)C. The van der Waals surface area contributed by atoms with Gasteiger partial charge in [0, 0.05) is 26.9 Å². The van der Waals surface area contributed by atoms with Crippen LogP contribution in [0.4, 0.5) is 0 Å². The predicted molar refractivity (Wildman–Crippen MR) is 46.3 cm³/mol. The van der Waals surface area contributed by atoms with Crippen LogP contribution in [0, 0.1) is 0 Å². The molecule has 0 aliphatic carbocycles. The summed E-state index contributed by atoms with van der Waals surface area (Å²) in [5.41, 5.74) is -0.526. The van der Waals surface area contributed by atoms with E-state index in [2.05, 4.69) is 5.32 Å². The van der Waals surface area contributed by atoms with Gasteiger partial charge in [-0.2, -0.15) is 0 Å². The zero-order valence-corrected chi connectivity index (χ0v) is 6.86. The zero-order valence-electron chi connectivity index (χ0n) is 12.9. The van der Waals surface area contributed by atoms with E-state index in [-0.39, 0.29) is 13.1 Å². The molecule has 0 saturated heterocycles. The Balaban J connectivity index is 4.38. The average Bonchev–Trinajstić information content (AvgIpc) is 1.90. The standard InChI is InChI=1S/C8H20N2/c1-8(2,3)10(5)7-6-9-4/h9H,6-7H2,1-5H3/i4D3,5D3. The smallest absolute Gasteiger partial charge is 0.0394 e. The lowest BCUT2D eigenvalue weighted by atomic mass is 10.1. The maximum atomic E-state index is 7.37. The van der Waals surface area contributed by atoms with Gasteiger partial charge in [-0.3, -0.25) is 0 Å². The molecule has 2 heteroatoms. The zero-order chi connectivity index (χ0) is 13.2. The van der Waals surface area contributed by atoms with Gasteiger partial charge in [-0.05, 0) is 34.7 Å². The van der Waals surface area contributed by atoms with Crippen LogP contribution in [0.1, 0.15) is 29.0 Å². The molecule has 2 nitrogen and oxygen atoms in total. The van der Waals surface area contributed by atoms with Gasteiger partial charge in [-0.1, -0.05) is 0 Å². The highest BCUT2D eigenvalue weighted by Crippen LogP contribution is 2.08. The monoisotopic (exact) mass is 150 g/mol. The van der Waals surface area contributed by atoms with Crippen LogP contribution in [0.25, 0.3) is 0 Å². The van der Waals surface area contributed by atoms with E-state index in [1.54, 1.807) is 20.8 Å². The van der Waals surface area contributed by atoms with Crippen molar-refractivity contribution in [1.82, 2.24) is 10.2 Å². The molecule has 0 rings (SSSR count). The molecule has 0 heterocycles. The number of hydrogen-bond donors (Lipinski definition) is 1. The summed E-state index contributed by atoms with van der Waals surface area (Å²) >= 11 is 0. The van der Waals surface area contributed by atoms with Crippen molar-refractivity contribution in [1.29, 1.82) is 0 Å². The Morgan fingerprint density at radius 1 is 1.50 bits per heavy atom. The molecule has 0 saturated carbocycles. The van der Waals surface area contributed by atoms with Gasteiger partial charge in [0.25, 0.3) is 0 Å². The predicted octanol–water partition coefficient (Wildman–Crippen LogP) is 0.936. The van der Waals surface area contributed by atoms with Gasteiger partial charge in [-0.15, -0.1) is 0 Å². The number of nitrogens with one attached hydrogen (secondary N) is 1. The first kappa shape index (κ1) is 3.55. The summed E-state index contributed by atoms with van der Waals surface area (Å²) in [6, 6.07) is 0. The third-order valence-electron chi connectivity index (χ3n) is 1.27.